The Hall–Kier alpha value is -3.21. The van der Waals surface area contributed by atoms with Crippen LogP contribution in [0.3, 0.4) is 0 Å². The van der Waals surface area contributed by atoms with E-state index in [4.69, 9.17) is 9.68 Å². The molecule has 112 valence electrons. The van der Waals surface area contributed by atoms with Gasteiger partial charge in [0.05, 0.1) is 16.7 Å². The van der Waals surface area contributed by atoms with E-state index < -0.39 is 4.92 Å². The van der Waals surface area contributed by atoms with E-state index in [-0.39, 0.29) is 23.2 Å². The van der Waals surface area contributed by atoms with Crippen molar-refractivity contribution < 1.29 is 9.34 Å². The lowest BCUT2D eigenvalue weighted by Gasteiger charge is -1.98. The molecule has 0 atom stereocenters. The average molecular weight is 299 g/mol. The topological polar surface area (TPSA) is 117 Å². The highest BCUT2D eigenvalue weighted by Crippen LogP contribution is 2.22. The van der Waals surface area contributed by atoms with Gasteiger partial charge in [0, 0.05) is 12.0 Å². The molecule has 0 radical (unpaired) electrons. The number of benzene rings is 1. The zero-order valence-corrected chi connectivity index (χ0v) is 12.0. The number of anilines is 1. The van der Waals surface area contributed by atoms with Crippen molar-refractivity contribution in [1.29, 1.82) is 5.26 Å². The lowest BCUT2D eigenvalue weighted by Crippen LogP contribution is -1.96. The number of nitrogens with one attached hydrogen (secondary N) is 1. The first-order valence-electron chi connectivity index (χ1n) is 6.46. The highest BCUT2D eigenvalue weighted by molar-refractivity contribution is 5.85. The van der Waals surface area contributed by atoms with Gasteiger partial charge in [-0.1, -0.05) is 26.0 Å². The van der Waals surface area contributed by atoms with Gasteiger partial charge in [-0.05, 0) is 6.07 Å². The molecule has 0 saturated carbocycles. The predicted octanol–water partition coefficient (Wildman–Crippen LogP) is 3.02. The van der Waals surface area contributed by atoms with Crippen molar-refractivity contribution in [3.63, 3.8) is 0 Å². The lowest BCUT2D eigenvalue weighted by atomic mass is 10.2. The molecule has 0 fully saturated rings. The Bertz CT molecular complexity index is 758. The number of nitrogens with zero attached hydrogens (tertiary/aromatic N) is 4. The van der Waals surface area contributed by atoms with E-state index in [2.05, 4.69) is 15.5 Å². The van der Waals surface area contributed by atoms with Crippen molar-refractivity contribution in [2.75, 3.05) is 5.43 Å². The minimum absolute atomic E-state index is 0.0295. The zero-order valence-electron chi connectivity index (χ0n) is 12.0. The average Bonchev–Trinajstić information content (AvgIpc) is 2.91. The van der Waals surface area contributed by atoms with E-state index in [0.29, 0.717) is 11.5 Å². The molecule has 1 N–H and O–H groups in total. The molecule has 0 aliphatic carbocycles. The van der Waals surface area contributed by atoms with Crippen molar-refractivity contribution >= 4 is 17.8 Å². The van der Waals surface area contributed by atoms with E-state index in [9.17, 15) is 10.1 Å². The molecular weight excluding hydrogens is 286 g/mol. The van der Waals surface area contributed by atoms with Crippen molar-refractivity contribution in [3.05, 3.63) is 51.5 Å². The first kappa shape index (κ1) is 15.2. The second-order valence-corrected chi connectivity index (χ2v) is 4.68. The Morgan fingerprint density at radius 2 is 2.23 bits per heavy atom. The van der Waals surface area contributed by atoms with E-state index in [1.165, 1.54) is 12.3 Å². The van der Waals surface area contributed by atoms with Crippen molar-refractivity contribution in [2.24, 2.45) is 5.10 Å². The maximum Gasteiger partial charge on any atom is 0.278 e. The molecule has 1 aromatic heterocycles. The number of nitriles is 1. The maximum absolute atomic E-state index is 10.9. The largest absolute Gasteiger partial charge is 0.422 e. The van der Waals surface area contributed by atoms with Crippen LogP contribution in [-0.4, -0.2) is 16.1 Å². The Morgan fingerprint density at radius 3 is 2.86 bits per heavy atom. The fraction of sp³-hybridized carbons (Fsp3) is 0.214. The van der Waals surface area contributed by atoms with E-state index in [0.717, 1.165) is 0 Å². The van der Waals surface area contributed by atoms with Gasteiger partial charge in [0.15, 0.2) is 0 Å². The Balaban J connectivity index is 2.20. The molecule has 1 heterocycles. The number of oxazole rings is 1. The molecule has 8 nitrogen and oxygen atoms in total. The number of aromatic nitrogens is 1. The summed E-state index contributed by atoms with van der Waals surface area (Å²) in [4.78, 5) is 14.4. The highest BCUT2D eigenvalue weighted by Gasteiger charge is 2.15. The lowest BCUT2D eigenvalue weighted by molar-refractivity contribution is -0.385. The van der Waals surface area contributed by atoms with Crippen molar-refractivity contribution in [3.8, 4) is 6.07 Å². The van der Waals surface area contributed by atoms with Gasteiger partial charge in [-0.2, -0.15) is 10.4 Å². The number of hydrazone groups is 1. The summed E-state index contributed by atoms with van der Waals surface area (Å²) in [6, 6.07) is 8.08. The van der Waals surface area contributed by atoms with E-state index >= 15 is 0 Å². The van der Waals surface area contributed by atoms with Crippen LogP contribution in [-0.2, 0) is 0 Å². The zero-order chi connectivity index (χ0) is 16.1. The summed E-state index contributed by atoms with van der Waals surface area (Å²) in [7, 11) is 0. The molecule has 0 spiro atoms. The molecule has 1 aromatic carbocycles. The van der Waals surface area contributed by atoms with Crippen LogP contribution in [0.4, 0.5) is 11.6 Å². The third kappa shape index (κ3) is 3.27. The summed E-state index contributed by atoms with van der Waals surface area (Å²) >= 11 is 0. The number of para-hydroxylation sites is 1. The van der Waals surface area contributed by atoms with Crippen LogP contribution in [0.25, 0.3) is 0 Å². The number of rotatable bonds is 5. The SMILES string of the molecule is CC(C)c1nc(C#N)c(NN=Cc2ccccc2[N+](=O)[O-])o1. The summed E-state index contributed by atoms with van der Waals surface area (Å²) in [5.41, 5.74) is 2.91. The number of hydrogen-bond acceptors (Lipinski definition) is 7. The summed E-state index contributed by atoms with van der Waals surface area (Å²) < 4.78 is 5.39. The van der Waals surface area contributed by atoms with Crippen LogP contribution in [0, 0.1) is 21.4 Å². The fourth-order valence-corrected chi connectivity index (χ4v) is 1.66. The summed E-state index contributed by atoms with van der Waals surface area (Å²) in [6.07, 6.45) is 1.29. The maximum atomic E-state index is 10.9. The first-order chi connectivity index (χ1) is 10.5. The minimum Gasteiger partial charge on any atom is -0.422 e. The monoisotopic (exact) mass is 299 g/mol. The van der Waals surface area contributed by atoms with Gasteiger partial charge in [0.25, 0.3) is 11.6 Å². The number of nitro groups is 1. The standard InChI is InChI=1S/C14H13N5O3/c1-9(2)13-17-11(7-15)14(22-13)18-16-8-10-5-3-4-6-12(10)19(20)21/h3-6,8-9,18H,1-2H3. The second-order valence-electron chi connectivity index (χ2n) is 4.68. The van der Waals surface area contributed by atoms with Crippen LogP contribution < -0.4 is 5.43 Å². The molecule has 8 heteroatoms. The summed E-state index contributed by atoms with van der Waals surface area (Å²) in [5.74, 6) is 0.558. The second kappa shape index (κ2) is 6.49. The van der Waals surface area contributed by atoms with Crippen LogP contribution in [0.5, 0.6) is 0 Å². The first-order valence-corrected chi connectivity index (χ1v) is 6.46. The molecule has 0 amide bonds. The van der Waals surface area contributed by atoms with Gasteiger partial charge in [-0.3, -0.25) is 10.1 Å². The molecule has 0 unspecified atom stereocenters. The van der Waals surface area contributed by atoms with Crippen LogP contribution >= 0.6 is 0 Å². The van der Waals surface area contributed by atoms with Crippen molar-refractivity contribution in [2.45, 2.75) is 19.8 Å². The van der Waals surface area contributed by atoms with Crippen LogP contribution in [0.1, 0.15) is 36.9 Å². The molecule has 22 heavy (non-hydrogen) atoms. The summed E-state index contributed by atoms with van der Waals surface area (Å²) in [6.45, 7) is 3.76. The molecule has 0 aliphatic rings. The smallest absolute Gasteiger partial charge is 0.278 e. The molecule has 0 bridgehead atoms. The van der Waals surface area contributed by atoms with E-state index in [1.54, 1.807) is 18.2 Å². The number of hydrogen-bond donors (Lipinski definition) is 1. The quantitative estimate of drug-likeness (QED) is 0.515. The highest BCUT2D eigenvalue weighted by atomic mass is 16.6. The third-order valence-corrected chi connectivity index (χ3v) is 2.75. The van der Waals surface area contributed by atoms with Gasteiger partial charge in [-0.15, -0.1) is 0 Å². The van der Waals surface area contributed by atoms with Gasteiger partial charge < -0.3 is 4.42 Å². The normalized spacial score (nSPS) is 10.8. The van der Waals surface area contributed by atoms with Gasteiger partial charge in [0.1, 0.15) is 6.07 Å². The Labute approximate surface area is 126 Å². The van der Waals surface area contributed by atoms with Crippen LogP contribution in [0.2, 0.25) is 0 Å². The third-order valence-electron chi connectivity index (χ3n) is 2.75. The van der Waals surface area contributed by atoms with Gasteiger partial charge in [0.2, 0.25) is 11.6 Å². The molecular formula is C14H13N5O3. The number of nitro benzene ring substituents is 1. The molecule has 0 aliphatic heterocycles. The summed E-state index contributed by atoms with van der Waals surface area (Å²) in [5, 5.41) is 23.8. The van der Waals surface area contributed by atoms with Crippen molar-refractivity contribution in [1.82, 2.24) is 4.98 Å². The molecule has 0 saturated heterocycles. The fourth-order valence-electron chi connectivity index (χ4n) is 1.66. The van der Waals surface area contributed by atoms with Gasteiger partial charge in [-0.25, -0.2) is 10.4 Å². The molecule has 2 aromatic rings. The molecule has 2 rings (SSSR count). The Kier molecular flexibility index (Phi) is 4.48. The van der Waals surface area contributed by atoms with Gasteiger partial charge >= 0.3 is 0 Å². The van der Waals surface area contributed by atoms with Crippen LogP contribution in [0.15, 0.2) is 33.8 Å². The minimum atomic E-state index is -0.493. The van der Waals surface area contributed by atoms with E-state index in [1.807, 2.05) is 19.9 Å². The predicted molar refractivity (Wildman–Crippen MR) is 79.6 cm³/mol. The Morgan fingerprint density at radius 1 is 1.50 bits per heavy atom.